The molecule has 0 N–H and O–H groups in total. The number of aromatic nitrogens is 7. The van der Waals surface area contributed by atoms with E-state index < -0.39 is 0 Å². The molecular formula is C61H41N7. The van der Waals surface area contributed by atoms with Crippen LogP contribution in [0.2, 0.25) is 0 Å². The molecule has 0 bridgehead atoms. The maximum absolute atomic E-state index is 5.28. The van der Waals surface area contributed by atoms with Crippen LogP contribution in [-0.2, 0) is 0 Å². The van der Waals surface area contributed by atoms with Gasteiger partial charge in [-0.05, 0) is 54.0 Å². The van der Waals surface area contributed by atoms with Crippen LogP contribution in [0, 0.1) is 0 Å². The summed E-state index contributed by atoms with van der Waals surface area (Å²) >= 11 is 0. The van der Waals surface area contributed by atoms with Crippen LogP contribution in [0.15, 0.2) is 231 Å². The summed E-state index contributed by atoms with van der Waals surface area (Å²) in [6.45, 7) is 0. The van der Waals surface area contributed by atoms with Gasteiger partial charge in [0.05, 0.1) is 33.5 Å². The van der Waals surface area contributed by atoms with E-state index in [1.54, 1.807) is 0 Å². The summed E-state index contributed by atoms with van der Waals surface area (Å²) in [5, 5.41) is 4.57. The summed E-state index contributed by atoms with van der Waals surface area (Å²) in [7, 11) is 0. The molecule has 68 heavy (non-hydrogen) atoms. The maximum Gasteiger partial charge on any atom is 0.238 e. The van der Waals surface area contributed by atoms with Crippen molar-refractivity contribution in [2.75, 3.05) is 0 Å². The van der Waals surface area contributed by atoms with Gasteiger partial charge >= 0.3 is 0 Å². The summed E-state index contributed by atoms with van der Waals surface area (Å²) in [6, 6.07) is 73.9. The molecule has 1 aliphatic carbocycles. The second kappa shape index (κ2) is 16.4. The second-order valence-corrected chi connectivity index (χ2v) is 17.2. The van der Waals surface area contributed by atoms with Crippen LogP contribution in [0.3, 0.4) is 0 Å². The van der Waals surface area contributed by atoms with E-state index in [1.807, 2.05) is 48.5 Å². The van der Waals surface area contributed by atoms with Crippen molar-refractivity contribution < 1.29 is 0 Å². The van der Waals surface area contributed by atoms with Crippen molar-refractivity contribution in [2.24, 2.45) is 0 Å². The Morgan fingerprint density at radius 2 is 0.809 bits per heavy atom. The zero-order chi connectivity index (χ0) is 45.0. The normalized spacial score (nSPS) is 13.7. The number of hydrogen-bond acceptors (Lipinski definition) is 5. The van der Waals surface area contributed by atoms with Crippen molar-refractivity contribution >= 4 is 49.3 Å². The van der Waals surface area contributed by atoms with Crippen LogP contribution in [0.1, 0.15) is 18.0 Å². The molecule has 1 unspecified atom stereocenters. The highest BCUT2D eigenvalue weighted by Crippen LogP contribution is 2.41. The summed E-state index contributed by atoms with van der Waals surface area (Å²) in [5.41, 5.74) is 13.6. The third-order valence-corrected chi connectivity index (χ3v) is 13.1. The lowest BCUT2D eigenvalue weighted by atomic mass is 9.94. The molecule has 0 saturated heterocycles. The van der Waals surface area contributed by atoms with Crippen molar-refractivity contribution in [2.45, 2.75) is 12.3 Å². The van der Waals surface area contributed by atoms with Gasteiger partial charge in [-0.15, -0.1) is 0 Å². The molecule has 12 aromatic rings. The van der Waals surface area contributed by atoms with Gasteiger partial charge in [0.25, 0.3) is 0 Å². The molecular weight excluding hydrogens is 831 g/mol. The largest absolute Gasteiger partial charge is 0.310 e. The van der Waals surface area contributed by atoms with Crippen molar-refractivity contribution in [3.05, 3.63) is 236 Å². The van der Waals surface area contributed by atoms with Crippen LogP contribution in [-0.4, -0.2) is 34.1 Å². The maximum atomic E-state index is 5.28. The van der Waals surface area contributed by atoms with E-state index >= 15 is 0 Å². The summed E-state index contributed by atoms with van der Waals surface area (Å²) in [6.07, 6.45) is 7.73. The van der Waals surface area contributed by atoms with Gasteiger partial charge in [0.2, 0.25) is 5.95 Å². The van der Waals surface area contributed by atoms with Crippen molar-refractivity contribution in [3.63, 3.8) is 0 Å². The smallest absolute Gasteiger partial charge is 0.238 e. The highest BCUT2D eigenvalue weighted by atomic mass is 15.2. The Balaban J connectivity index is 0.943. The summed E-state index contributed by atoms with van der Waals surface area (Å²) < 4.78 is 4.63. The first kappa shape index (κ1) is 39.3. The van der Waals surface area contributed by atoms with E-state index in [0.717, 1.165) is 101 Å². The number of allylic oxidation sites excluding steroid dienone is 4. The van der Waals surface area contributed by atoms with Gasteiger partial charge in [-0.3, -0.25) is 4.57 Å². The summed E-state index contributed by atoms with van der Waals surface area (Å²) in [4.78, 5) is 25.8. The van der Waals surface area contributed by atoms with Crippen LogP contribution in [0.5, 0.6) is 0 Å². The quantitative estimate of drug-likeness (QED) is 0.152. The van der Waals surface area contributed by atoms with Gasteiger partial charge in [-0.2, -0.15) is 9.97 Å². The van der Waals surface area contributed by atoms with Crippen LogP contribution in [0.25, 0.3) is 112 Å². The minimum absolute atomic E-state index is 0.0808. The van der Waals surface area contributed by atoms with Gasteiger partial charge in [0.1, 0.15) is 0 Å². The SMILES string of the molecule is C1=CC(c2cc(-c3ccccc3)nc(-c3ccccc3)n2)CC=C1n1c2ccccc2c2cc3c(cc21)c1ccccc1n3-c1nc(-c2ccccc2)nc(-c2ccc(-c3ccccc3)cc2)n1. The minimum Gasteiger partial charge on any atom is -0.310 e. The lowest BCUT2D eigenvalue weighted by Gasteiger charge is -2.19. The fourth-order valence-corrected chi connectivity index (χ4v) is 9.80. The average Bonchev–Trinajstić information content (AvgIpc) is 3.93. The minimum atomic E-state index is 0.0808. The predicted molar refractivity (Wildman–Crippen MR) is 277 cm³/mol. The fourth-order valence-electron chi connectivity index (χ4n) is 9.80. The zero-order valence-corrected chi connectivity index (χ0v) is 36.9. The Morgan fingerprint density at radius 1 is 0.353 bits per heavy atom. The van der Waals surface area contributed by atoms with Crippen molar-refractivity contribution in [3.8, 4) is 62.5 Å². The van der Waals surface area contributed by atoms with E-state index in [9.17, 15) is 0 Å². The standard InChI is InChI=1S/C61H41N7/c1-5-17-40(18-6-1)41-29-31-46(32-30-41)60-64-59(45-23-11-4-12-24-45)65-61(66-60)68-55-28-16-14-26-49(55)51-37-56-50(38-57(51)68)48-25-13-15-27-54(48)67(56)47-35-33-43(34-36-47)53-39-52(42-19-7-2-8-20-42)62-58(63-53)44-21-9-3-10-22-44/h1-33,35-39,43H,34H2. The zero-order valence-electron chi connectivity index (χ0n) is 36.9. The predicted octanol–water partition coefficient (Wildman–Crippen LogP) is 14.8. The van der Waals surface area contributed by atoms with Gasteiger partial charge in [-0.25, -0.2) is 15.0 Å². The molecule has 8 aromatic carbocycles. The Labute approximate surface area is 392 Å². The van der Waals surface area contributed by atoms with E-state index in [1.165, 1.54) is 5.39 Å². The topological polar surface area (TPSA) is 74.3 Å². The lowest BCUT2D eigenvalue weighted by Crippen LogP contribution is -2.07. The van der Waals surface area contributed by atoms with Crippen LogP contribution in [0.4, 0.5) is 0 Å². The molecule has 0 saturated carbocycles. The highest BCUT2D eigenvalue weighted by molar-refractivity contribution is 6.19. The molecule has 1 atom stereocenters. The monoisotopic (exact) mass is 871 g/mol. The van der Waals surface area contributed by atoms with Gasteiger partial charge in [0, 0.05) is 55.4 Å². The first-order valence-corrected chi connectivity index (χ1v) is 23.0. The fraction of sp³-hybridized carbons (Fsp3) is 0.0328. The van der Waals surface area contributed by atoms with E-state index in [2.05, 4.69) is 191 Å². The lowest BCUT2D eigenvalue weighted by molar-refractivity contribution is 0.809. The van der Waals surface area contributed by atoms with E-state index in [-0.39, 0.29) is 5.92 Å². The highest BCUT2D eigenvalue weighted by Gasteiger charge is 2.23. The molecule has 0 amide bonds. The molecule has 7 nitrogen and oxygen atoms in total. The van der Waals surface area contributed by atoms with Gasteiger partial charge in [0.15, 0.2) is 17.5 Å². The number of benzene rings is 8. The Bertz CT molecular complexity index is 3850. The molecule has 0 aliphatic heterocycles. The van der Waals surface area contributed by atoms with Gasteiger partial charge in [-0.1, -0.05) is 194 Å². The summed E-state index contributed by atoms with van der Waals surface area (Å²) in [5.74, 6) is 2.61. The third-order valence-electron chi connectivity index (χ3n) is 13.1. The first-order chi connectivity index (χ1) is 33.7. The van der Waals surface area contributed by atoms with Crippen LogP contribution >= 0.6 is 0 Å². The molecule has 13 rings (SSSR count). The Hall–Kier alpha value is -9.07. The van der Waals surface area contributed by atoms with E-state index in [0.29, 0.717) is 17.6 Å². The molecule has 0 spiro atoms. The average molecular weight is 872 g/mol. The molecule has 320 valence electrons. The molecule has 4 heterocycles. The van der Waals surface area contributed by atoms with Crippen molar-refractivity contribution in [1.29, 1.82) is 0 Å². The number of rotatable bonds is 8. The molecule has 0 radical (unpaired) electrons. The Morgan fingerprint density at radius 3 is 1.38 bits per heavy atom. The van der Waals surface area contributed by atoms with Gasteiger partial charge < -0.3 is 4.57 Å². The van der Waals surface area contributed by atoms with Crippen molar-refractivity contribution in [1.82, 2.24) is 34.1 Å². The third kappa shape index (κ3) is 6.88. The number of hydrogen-bond donors (Lipinski definition) is 0. The van der Waals surface area contributed by atoms with Crippen LogP contribution < -0.4 is 0 Å². The molecule has 0 fully saturated rings. The second-order valence-electron chi connectivity index (χ2n) is 17.2. The van der Waals surface area contributed by atoms with E-state index in [4.69, 9.17) is 24.9 Å². The number of nitrogens with zero attached hydrogens (tertiary/aromatic N) is 7. The first-order valence-electron chi connectivity index (χ1n) is 23.0. The number of para-hydroxylation sites is 2. The molecule has 7 heteroatoms. The number of fused-ring (bicyclic) bond motifs is 6. The Kier molecular flexibility index (Phi) is 9.49. The molecule has 1 aliphatic rings. The molecule has 4 aromatic heterocycles.